The van der Waals surface area contributed by atoms with E-state index < -0.39 is 0 Å². The molecule has 184 valence electrons. The lowest BCUT2D eigenvalue weighted by Crippen LogP contribution is -2.73. The minimum absolute atomic E-state index is 0.0150. The van der Waals surface area contributed by atoms with Crippen LogP contribution < -0.4 is 0 Å². The van der Waals surface area contributed by atoms with Crippen LogP contribution in [0.2, 0.25) is 0 Å². The van der Waals surface area contributed by atoms with Crippen molar-refractivity contribution in [2.75, 3.05) is 33.8 Å². The number of aliphatic hydroxyl groups excluding tert-OH is 1. The molecule has 1 aliphatic carbocycles. The van der Waals surface area contributed by atoms with E-state index in [1.807, 2.05) is 48.5 Å². The average molecular weight is 476 g/mol. The second kappa shape index (κ2) is 9.46. The van der Waals surface area contributed by atoms with Crippen LogP contribution >= 0.6 is 0 Å². The monoisotopic (exact) mass is 475 g/mol. The van der Waals surface area contributed by atoms with Gasteiger partial charge < -0.3 is 19.8 Å². The first kappa shape index (κ1) is 23.5. The van der Waals surface area contributed by atoms with Gasteiger partial charge in [-0.15, -0.1) is 0 Å². The van der Waals surface area contributed by atoms with E-state index in [2.05, 4.69) is 0 Å². The standard InChI is InChI=1S/C28H33N3O4/c1-29(2)27(34)22-9-5-8-21(14-22)18-10-12-19(13-11-18)26-23-15-30(28(35)20-6-3-4-7-20)16-25(33)31(23)24(26)17-32/h5,8-14,20,23-24,26,32H,3-4,6-7,15-17H2,1-2H3/t23-,24+,26+/m1/s1. The third kappa shape index (κ3) is 4.22. The minimum atomic E-state index is -0.261. The molecule has 7 nitrogen and oxygen atoms in total. The van der Waals surface area contributed by atoms with Gasteiger partial charge in [-0.2, -0.15) is 0 Å². The summed E-state index contributed by atoms with van der Waals surface area (Å²) in [5.74, 6) is 0.0448. The first-order chi connectivity index (χ1) is 16.9. The Morgan fingerprint density at radius 3 is 2.40 bits per heavy atom. The van der Waals surface area contributed by atoms with Crippen LogP contribution in [0.1, 0.15) is 47.5 Å². The van der Waals surface area contributed by atoms with Crippen molar-refractivity contribution >= 4 is 17.7 Å². The number of benzene rings is 2. The first-order valence-corrected chi connectivity index (χ1v) is 12.5. The van der Waals surface area contributed by atoms with E-state index in [-0.39, 0.29) is 54.8 Å². The highest BCUT2D eigenvalue weighted by Crippen LogP contribution is 2.43. The molecule has 2 aromatic rings. The van der Waals surface area contributed by atoms with Gasteiger partial charge >= 0.3 is 0 Å². The summed E-state index contributed by atoms with van der Waals surface area (Å²) in [4.78, 5) is 43.4. The smallest absolute Gasteiger partial charge is 0.253 e. The number of fused-ring (bicyclic) bond motifs is 1. The van der Waals surface area contributed by atoms with E-state index in [0.717, 1.165) is 42.4 Å². The summed E-state index contributed by atoms with van der Waals surface area (Å²) in [5.41, 5.74) is 3.65. The molecule has 2 heterocycles. The van der Waals surface area contributed by atoms with Crippen molar-refractivity contribution in [3.05, 3.63) is 59.7 Å². The van der Waals surface area contributed by atoms with Gasteiger partial charge in [0.15, 0.2) is 0 Å². The number of hydrogen-bond acceptors (Lipinski definition) is 4. The highest BCUT2D eigenvalue weighted by molar-refractivity contribution is 5.95. The molecular formula is C28H33N3O4. The van der Waals surface area contributed by atoms with E-state index in [9.17, 15) is 19.5 Å². The van der Waals surface area contributed by atoms with Crippen molar-refractivity contribution in [1.82, 2.24) is 14.7 Å². The lowest BCUT2D eigenvalue weighted by Gasteiger charge is -2.59. The molecule has 2 aromatic carbocycles. The average Bonchev–Trinajstić information content (AvgIpc) is 3.40. The van der Waals surface area contributed by atoms with E-state index in [1.54, 1.807) is 28.8 Å². The number of amides is 3. The zero-order valence-electron chi connectivity index (χ0n) is 20.4. The highest BCUT2D eigenvalue weighted by atomic mass is 16.3. The summed E-state index contributed by atoms with van der Waals surface area (Å²) in [6, 6.07) is 15.3. The number of carbonyl (C=O) groups is 3. The second-order valence-electron chi connectivity index (χ2n) is 10.2. The fourth-order valence-corrected chi connectivity index (χ4v) is 6.09. The van der Waals surface area contributed by atoms with Gasteiger partial charge in [0.05, 0.1) is 25.2 Å². The van der Waals surface area contributed by atoms with Gasteiger partial charge in [-0.25, -0.2) is 0 Å². The third-order valence-electron chi connectivity index (χ3n) is 7.91. The van der Waals surface area contributed by atoms with E-state index in [0.29, 0.717) is 12.1 Å². The quantitative estimate of drug-likeness (QED) is 0.721. The Morgan fingerprint density at radius 2 is 1.74 bits per heavy atom. The Morgan fingerprint density at radius 1 is 1.03 bits per heavy atom. The van der Waals surface area contributed by atoms with Gasteiger partial charge in [-0.05, 0) is 41.7 Å². The van der Waals surface area contributed by atoms with Crippen LogP contribution in [0.25, 0.3) is 11.1 Å². The van der Waals surface area contributed by atoms with Crippen LogP contribution in [-0.2, 0) is 9.59 Å². The molecule has 2 saturated heterocycles. The van der Waals surface area contributed by atoms with Gasteiger partial charge in [0.25, 0.3) is 5.91 Å². The minimum Gasteiger partial charge on any atom is -0.394 e. The molecule has 7 heteroatoms. The number of piperazine rings is 1. The Labute approximate surface area is 206 Å². The maximum atomic E-state index is 13.0. The molecule has 2 aliphatic heterocycles. The summed E-state index contributed by atoms with van der Waals surface area (Å²) >= 11 is 0. The lowest BCUT2D eigenvalue weighted by molar-refractivity contribution is -0.168. The van der Waals surface area contributed by atoms with Gasteiger partial charge in [0.2, 0.25) is 11.8 Å². The lowest BCUT2D eigenvalue weighted by atomic mass is 9.73. The summed E-state index contributed by atoms with van der Waals surface area (Å²) in [7, 11) is 3.48. The van der Waals surface area contributed by atoms with E-state index >= 15 is 0 Å². The van der Waals surface area contributed by atoms with Gasteiger partial charge in [-0.3, -0.25) is 14.4 Å². The predicted molar refractivity (Wildman–Crippen MR) is 133 cm³/mol. The summed E-state index contributed by atoms with van der Waals surface area (Å²) < 4.78 is 0. The molecule has 1 N–H and O–H groups in total. The fourth-order valence-electron chi connectivity index (χ4n) is 6.09. The molecular weight excluding hydrogens is 442 g/mol. The van der Waals surface area contributed by atoms with Crippen molar-refractivity contribution in [2.24, 2.45) is 5.92 Å². The molecule has 0 unspecified atom stereocenters. The number of nitrogens with zero attached hydrogens (tertiary/aromatic N) is 3. The summed E-state index contributed by atoms with van der Waals surface area (Å²) in [6.45, 7) is 0.550. The molecule has 0 aromatic heterocycles. The van der Waals surface area contributed by atoms with Crippen molar-refractivity contribution in [3.63, 3.8) is 0 Å². The van der Waals surface area contributed by atoms with Crippen LogP contribution in [-0.4, -0.2) is 83.4 Å². The molecule has 3 atom stereocenters. The van der Waals surface area contributed by atoms with Gasteiger partial charge in [0, 0.05) is 38.0 Å². The molecule has 0 spiro atoms. The Bertz CT molecular complexity index is 1120. The van der Waals surface area contributed by atoms with Crippen LogP contribution in [0.15, 0.2) is 48.5 Å². The maximum absolute atomic E-state index is 13.0. The third-order valence-corrected chi connectivity index (χ3v) is 7.91. The molecule has 3 fully saturated rings. The van der Waals surface area contributed by atoms with Crippen LogP contribution in [0.5, 0.6) is 0 Å². The molecule has 1 saturated carbocycles. The van der Waals surface area contributed by atoms with Crippen molar-refractivity contribution in [3.8, 4) is 11.1 Å². The highest BCUT2D eigenvalue weighted by Gasteiger charge is 2.54. The summed E-state index contributed by atoms with van der Waals surface area (Å²) in [5, 5.41) is 10.1. The van der Waals surface area contributed by atoms with E-state index in [1.165, 1.54) is 0 Å². The molecule has 3 amide bonds. The SMILES string of the molecule is CN(C)C(=O)c1cccc(-c2ccc([C@H]3[C@H]4CN(C(=O)C5CCCC5)CC(=O)N4[C@H]3CO)cc2)c1. The largest absolute Gasteiger partial charge is 0.394 e. The van der Waals surface area contributed by atoms with Crippen molar-refractivity contribution in [1.29, 1.82) is 0 Å². The number of hydrogen-bond donors (Lipinski definition) is 1. The van der Waals surface area contributed by atoms with Crippen molar-refractivity contribution < 1.29 is 19.5 Å². The van der Waals surface area contributed by atoms with Gasteiger partial charge in [-0.1, -0.05) is 49.2 Å². The van der Waals surface area contributed by atoms with Crippen LogP contribution in [0.4, 0.5) is 0 Å². The molecule has 35 heavy (non-hydrogen) atoms. The Kier molecular flexibility index (Phi) is 6.36. The number of aliphatic hydroxyl groups is 1. The number of rotatable bonds is 5. The van der Waals surface area contributed by atoms with Gasteiger partial charge in [0.1, 0.15) is 0 Å². The van der Waals surface area contributed by atoms with Crippen LogP contribution in [0, 0.1) is 5.92 Å². The zero-order valence-corrected chi connectivity index (χ0v) is 20.4. The molecule has 5 rings (SSSR count). The van der Waals surface area contributed by atoms with E-state index in [4.69, 9.17) is 0 Å². The zero-order chi connectivity index (χ0) is 24.7. The first-order valence-electron chi connectivity index (χ1n) is 12.5. The normalized spacial score (nSPS) is 24.2. The molecule has 3 aliphatic rings. The fraction of sp³-hybridized carbons (Fsp3) is 0.464. The molecule has 0 radical (unpaired) electrons. The Balaban J connectivity index is 1.35. The number of carbonyl (C=O) groups excluding carboxylic acids is 3. The van der Waals surface area contributed by atoms with Crippen molar-refractivity contribution in [2.45, 2.75) is 43.7 Å². The summed E-state index contributed by atoms with van der Waals surface area (Å²) in [6.07, 6.45) is 4.01. The Hall–Kier alpha value is -3.19. The second-order valence-corrected chi connectivity index (χ2v) is 10.2. The molecule has 0 bridgehead atoms. The predicted octanol–water partition coefficient (Wildman–Crippen LogP) is 2.74. The maximum Gasteiger partial charge on any atom is 0.253 e. The van der Waals surface area contributed by atoms with Crippen LogP contribution in [0.3, 0.4) is 0 Å². The topological polar surface area (TPSA) is 81.2 Å².